The fraction of sp³-hybridized carbons (Fsp3) is 1.00. The molecule has 2 unspecified atom stereocenters. The minimum atomic E-state index is 0.354. The predicted octanol–water partition coefficient (Wildman–Crippen LogP) is 6.73. The largest absolute Gasteiger partial charge is 0.396 e. The van der Waals surface area contributed by atoms with Gasteiger partial charge < -0.3 is 5.11 Å². The first kappa shape index (κ1) is 21.0. The van der Waals surface area contributed by atoms with E-state index in [1.807, 2.05) is 0 Å². The smallest absolute Gasteiger partial charge is 0.0433 e. The molecule has 1 nitrogen and oxygen atoms in total. The normalized spacial score (nSPS) is 14.3. The van der Waals surface area contributed by atoms with Crippen LogP contribution in [0.5, 0.6) is 0 Å². The molecule has 0 bridgehead atoms. The van der Waals surface area contributed by atoms with Gasteiger partial charge in [-0.1, -0.05) is 97.8 Å². The van der Waals surface area contributed by atoms with Crippen molar-refractivity contribution in [2.45, 2.75) is 111 Å². The van der Waals surface area contributed by atoms with E-state index in [2.05, 4.69) is 20.8 Å². The summed E-state index contributed by atoms with van der Waals surface area (Å²) in [7, 11) is 0. The van der Waals surface area contributed by atoms with Gasteiger partial charge in [-0.2, -0.15) is 0 Å². The van der Waals surface area contributed by atoms with E-state index in [1.165, 1.54) is 83.5 Å². The summed E-state index contributed by atoms with van der Waals surface area (Å²) in [5.41, 5.74) is 0. The summed E-state index contributed by atoms with van der Waals surface area (Å²) in [6.07, 6.45) is 19.4. The van der Waals surface area contributed by atoms with Gasteiger partial charge in [0.25, 0.3) is 0 Å². The molecule has 1 heteroatoms. The number of unbranched alkanes of at least 4 members (excludes halogenated alkanes) is 10. The van der Waals surface area contributed by atoms with Crippen molar-refractivity contribution < 1.29 is 5.11 Å². The molecule has 1 N–H and O–H groups in total. The van der Waals surface area contributed by atoms with Crippen LogP contribution < -0.4 is 0 Å². The molecular weight excluding hydrogens is 256 g/mol. The van der Waals surface area contributed by atoms with Crippen LogP contribution in [0.3, 0.4) is 0 Å². The zero-order chi connectivity index (χ0) is 15.8. The first-order valence-electron chi connectivity index (χ1n) is 9.81. The Labute approximate surface area is 134 Å². The van der Waals surface area contributed by atoms with Crippen LogP contribution in [0, 0.1) is 11.8 Å². The molecule has 128 valence electrons. The molecule has 0 heterocycles. The zero-order valence-electron chi connectivity index (χ0n) is 15.2. The fourth-order valence-corrected chi connectivity index (χ4v) is 3.30. The number of hydrogen-bond donors (Lipinski definition) is 1. The van der Waals surface area contributed by atoms with Crippen LogP contribution in [0.4, 0.5) is 0 Å². The Morgan fingerprint density at radius 1 is 0.619 bits per heavy atom. The van der Waals surface area contributed by atoms with Crippen LogP contribution in [0.1, 0.15) is 111 Å². The molecule has 0 fully saturated rings. The Morgan fingerprint density at radius 2 is 1.05 bits per heavy atom. The summed E-state index contributed by atoms with van der Waals surface area (Å²) < 4.78 is 0. The van der Waals surface area contributed by atoms with Crippen molar-refractivity contribution in [3.05, 3.63) is 0 Å². The van der Waals surface area contributed by atoms with Crippen LogP contribution in [0.25, 0.3) is 0 Å². The fourth-order valence-electron chi connectivity index (χ4n) is 3.30. The van der Waals surface area contributed by atoms with Crippen LogP contribution in [-0.2, 0) is 0 Å². The van der Waals surface area contributed by atoms with Gasteiger partial charge in [-0.25, -0.2) is 0 Å². The third-order valence-electron chi connectivity index (χ3n) is 4.73. The van der Waals surface area contributed by atoms with E-state index in [0.717, 1.165) is 12.3 Å². The first-order valence-corrected chi connectivity index (χ1v) is 9.81. The van der Waals surface area contributed by atoms with Gasteiger partial charge in [0.2, 0.25) is 0 Å². The maximum Gasteiger partial charge on any atom is 0.0433 e. The second-order valence-electron chi connectivity index (χ2n) is 7.28. The van der Waals surface area contributed by atoms with Crippen molar-refractivity contribution >= 4 is 0 Å². The molecule has 0 aromatic carbocycles. The third kappa shape index (κ3) is 16.2. The highest BCUT2D eigenvalue weighted by Crippen LogP contribution is 2.20. The van der Waals surface area contributed by atoms with E-state index in [4.69, 9.17) is 5.11 Å². The summed E-state index contributed by atoms with van der Waals surface area (Å²) in [4.78, 5) is 0. The van der Waals surface area contributed by atoms with Gasteiger partial charge in [0.05, 0.1) is 0 Å². The van der Waals surface area contributed by atoms with E-state index >= 15 is 0 Å². The molecule has 0 radical (unpaired) electrons. The summed E-state index contributed by atoms with van der Waals surface area (Å²) in [6, 6.07) is 0. The Balaban J connectivity index is 3.17. The maximum absolute atomic E-state index is 8.93. The Morgan fingerprint density at radius 3 is 1.52 bits per heavy atom. The van der Waals surface area contributed by atoms with E-state index < -0.39 is 0 Å². The number of aliphatic hydroxyl groups excluding tert-OH is 1. The molecule has 0 rings (SSSR count). The van der Waals surface area contributed by atoms with Gasteiger partial charge in [0.15, 0.2) is 0 Å². The molecule has 0 aliphatic rings. The second-order valence-corrected chi connectivity index (χ2v) is 7.28. The minimum Gasteiger partial charge on any atom is -0.396 e. The third-order valence-corrected chi connectivity index (χ3v) is 4.73. The predicted molar refractivity (Wildman–Crippen MR) is 95.7 cm³/mol. The van der Waals surface area contributed by atoms with Gasteiger partial charge in [-0.3, -0.25) is 0 Å². The highest BCUT2D eigenvalue weighted by molar-refractivity contribution is 4.60. The molecule has 0 aliphatic carbocycles. The van der Waals surface area contributed by atoms with Crippen molar-refractivity contribution in [3.63, 3.8) is 0 Å². The standard InChI is InChI=1S/C20H42O/c1-4-5-6-7-8-9-10-11-12-13-14-15-19(2)18-20(3)16-17-21/h19-21H,4-18H2,1-3H3. The van der Waals surface area contributed by atoms with Crippen molar-refractivity contribution in [1.29, 1.82) is 0 Å². The Kier molecular flexibility index (Phi) is 16.3. The quantitative estimate of drug-likeness (QED) is 0.313. The van der Waals surface area contributed by atoms with E-state index in [0.29, 0.717) is 12.5 Å². The summed E-state index contributed by atoms with van der Waals surface area (Å²) in [6.45, 7) is 7.29. The van der Waals surface area contributed by atoms with E-state index in [1.54, 1.807) is 0 Å². The van der Waals surface area contributed by atoms with Crippen LogP contribution in [-0.4, -0.2) is 11.7 Å². The number of rotatable bonds is 16. The Hall–Kier alpha value is -0.0400. The van der Waals surface area contributed by atoms with Crippen LogP contribution in [0.2, 0.25) is 0 Å². The lowest BCUT2D eigenvalue weighted by Crippen LogP contribution is -2.05. The van der Waals surface area contributed by atoms with Crippen molar-refractivity contribution in [3.8, 4) is 0 Å². The molecule has 21 heavy (non-hydrogen) atoms. The monoisotopic (exact) mass is 298 g/mol. The van der Waals surface area contributed by atoms with Crippen molar-refractivity contribution in [1.82, 2.24) is 0 Å². The molecule has 0 amide bonds. The highest BCUT2D eigenvalue weighted by Gasteiger charge is 2.08. The van der Waals surface area contributed by atoms with Gasteiger partial charge >= 0.3 is 0 Å². The minimum absolute atomic E-state index is 0.354. The lowest BCUT2D eigenvalue weighted by atomic mass is 9.91. The van der Waals surface area contributed by atoms with Gasteiger partial charge in [-0.15, -0.1) is 0 Å². The van der Waals surface area contributed by atoms with E-state index in [-0.39, 0.29) is 0 Å². The van der Waals surface area contributed by atoms with Crippen LogP contribution in [0.15, 0.2) is 0 Å². The van der Waals surface area contributed by atoms with Crippen LogP contribution >= 0.6 is 0 Å². The lowest BCUT2D eigenvalue weighted by molar-refractivity contribution is 0.246. The molecule has 0 aromatic rings. The van der Waals surface area contributed by atoms with Gasteiger partial charge in [0.1, 0.15) is 0 Å². The average Bonchev–Trinajstić information content (AvgIpc) is 2.45. The number of aliphatic hydroxyl groups is 1. The molecule has 0 saturated carbocycles. The molecule has 0 spiro atoms. The number of hydrogen-bond acceptors (Lipinski definition) is 1. The topological polar surface area (TPSA) is 20.2 Å². The van der Waals surface area contributed by atoms with Crippen molar-refractivity contribution in [2.24, 2.45) is 11.8 Å². The molecule has 0 aliphatic heterocycles. The van der Waals surface area contributed by atoms with Gasteiger partial charge in [-0.05, 0) is 24.7 Å². The summed E-state index contributed by atoms with van der Waals surface area (Å²) >= 11 is 0. The summed E-state index contributed by atoms with van der Waals surface area (Å²) in [5, 5.41) is 8.93. The molecule has 0 saturated heterocycles. The highest BCUT2D eigenvalue weighted by atomic mass is 16.3. The SMILES string of the molecule is CCCCCCCCCCCCCC(C)CC(C)CCO. The van der Waals surface area contributed by atoms with Gasteiger partial charge in [0, 0.05) is 6.61 Å². The maximum atomic E-state index is 8.93. The average molecular weight is 299 g/mol. The molecule has 2 atom stereocenters. The molecule has 0 aromatic heterocycles. The summed E-state index contributed by atoms with van der Waals surface area (Å²) in [5.74, 6) is 1.53. The lowest BCUT2D eigenvalue weighted by Gasteiger charge is -2.16. The van der Waals surface area contributed by atoms with Crippen molar-refractivity contribution in [2.75, 3.05) is 6.61 Å². The zero-order valence-corrected chi connectivity index (χ0v) is 15.2. The first-order chi connectivity index (χ1) is 10.2. The second kappa shape index (κ2) is 16.3. The van der Waals surface area contributed by atoms with E-state index in [9.17, 15) is 0 Å². The molecular formula is C20H42O. The Bertz CT molecular complexity index is 190.